The lowest BCUT2D eigenvalue weighted by atomic mass is 10.3. The second-order valence-electron chi connectivity index (χ2n) is 2.49. The van der Waals surface area contributed by atoms with Crippen molar-refractivity contribution in [2.24, 2.45) is 0 Å². The van der Waals surface area contributed by atoms with Crippen LogP contribution in [-0.2, 0) is 0 Å². The monoisotopic (exact) mass is 206 g/mol. The molecule has 2 heterocycles. The van der Waals surface area contributed by atoms with E-state index in [1.165, 1.54) is 11.3 Å². The Morgan fingerprint density at radius 3 is 2.93 bits per heavy atom. The Morgan fingerprint density at radius 1 is 1.43 bits per heavy atom. The minimum Gasteiger partial charge on any atom is -0.368 e. The fourth-order valence-electron chi connectivity index (χ4n) is 1.01. The van der Waals surface area contributed by atoms with E-state index in [0.717, 1.165) is 5.01 Å². The van der Waals surface area contributed by atoms with Gasteiger partial charge in [0, 0.05) is 11.6 Å². The molecule has 5 nitrogen and oxygen atoms in total. The largest absolute Gasteiger partial charge is 0.368 e. The normalized spacial score (nSPS) is 10.0. The summed E-state index contributed by atoms with van der Waals surface area (Å²) in [6, 6.07) is 1.56. The van der Waals surface area contributed by atoms with Crippen molar-refractivity contribution in [1.82, 2.24) is 15.0 Å². The number of carbonyl (C=O) groups excluding carboxylic acids is 1. The molecule has 2 aromatic heterocycles. The standard InChI is InChI=1S/C8H6N4OS/c9-8-11-5(4-13)3-6(12-8)7-10-1-2-14-7/h1-4H,(H2,9,11,12). The number of rotatable bonds is 2. The van der Waals surface area contributed by atoms with Gasteiger partial charge in [-0.15, -0.1) is 11.3 Å². The Kier molecular flexibility index (Phi) is 2.19. The molecule has 70 valence electrons. The molecule has 0 atom stereocenters. The van der Waals surface area contributed by atoms with Gasteiger partial charge in [-0.1, -0.05) is 0 Å². The lowest BCUT2D eigenvalue weighted by Crippen LogP contribution is -1.99. The van der Waals surface area contributed by atoms with Crippen molar-refractivity contribution in [2.75, 3.05) is 5.73 Å². The van der Waals surface area contributed by atoms with Crippen molar-refractivity contribution in [3.8, 4) is 10.7 Å². The van der Waals surface area contributed by atoms with E-state index in [9.17, 15) is 4.79 Å². The van der Waals surface area contributed by atoms with Gasteiger partial charge in [-0.3, -0.25) is 4.79 Å². The lowest BCUT2D eigenvalue weighted by Gasteiger charge is -1.98. The van der Waals surface area contributed by atoms with Crippen LogP contribution in [0.25, 0.3) is 10.7 Å². The van der Waals surface area contributed by atoms with Crippen LogP contribution in [-0.4, -0.2) is 21.2 Å². The summed E-state index contributed by atoms with van der Waals surface area (Å²) in [4.78, 5) is 22.3. The summed E-state index contributed by atoms with van der Waals surface area (Å²) >= 11 is 1.43. The van der Waals surface area contributed by atoms with Gasteiger partial charge < -0.3 is 5.73 Å². The maximum atomic E-state index is 10.5. The third-order valence-corrected chi connectivity index (χ3v) is 2.33. The molecule has 0 aliphatic heterocycles. The van der Waals surface area contributed by atoms with Gasteiger partial charge in [0.25, 0.3) is 0 Å². The molecule has 2 N–H and O–H groups in total. The molecule has 0 radical (unpaired) electrons. The molecule has 6 heteroatoms. The zero-order valence-corrected chi connectivity index (χ0v) is 7.86. The first-order valence-electron chi connectivity index (χ1n) is 3.79. The average Bonchev–Trinajstić information content (AvgIpc) is 2.69. The zero-order valence-electron chi connectivity index (χ0n) is 7.04. The number of hydrogen-bond donors (Lipinski definition) is 1. The van der Waals surface area contributed by atoms with Crippen LogP contribution in [0, 0.1) is 0 Å². The van der Waals surface area contributed by atoms with Crippen LogP contribution in [0.4, 0.5) is 5.95 Å². The van der Waals surface area contributed by atoms with Crippen molar-refractivity contribution in [3.63, 3.8) is 0 Å². The van der Waals surface area contributed by atoms with Crippen LogP contribution in [0.1, 0.15) is 10.5 Å². The highest BCUT2D eigenvalue weighted by Crippen LogP contribution is 2.20. The Labute approximate surface area is 83.7 Å². The van der Waals surface area contributed by atoms with E-state index in [1.54, 1.807) is 12.3 Å². The van der Waals surface area contributed by atoms with Gasteiger partial charge >= 0.3 is 0 Å². The Morgan fingerprint density at radius 2 is 2.29 bits per heavy atom. The molecule has 0 unspecified atom stereocenters. The van der Waals surface area contributed by atoms with Crippen LogP contribution < -0.4 is 5.73 Å². The summed E-state index contributed by atoms with van der Waals surface area (Å²) in [6.07, 6.45) is 2.30. The number of aromatic nitrogens is 3. The maximum Gasteiger partial charge on any atom is 0.221 e. The third kappa shape index (κ3) is 1.60. The number of nitrogens with zero attached hydrogens (tertiary/aromatic N) is 3. The van der Waals surface area contributed by atoms with Gasteiger partial charge in [-0.05, 0) is 6.07 Å². The SMILES string of the molecule is Nc1nc(C=O)cc(-c2nccs2)n1. The predicted octanol–water partition coefficient (Wildman–Crippen LogP) is 0.995. The molecular formula is C8H6N4OS. The third-order valence-electron chi connectivity index (χ3n) is 1.54. The van der Waals surface area contributed by atoms with E-state index in [1.807, 2.05) is 5.38 Å². The highest BCUT2D eigenvalue weighted by atomic mass is 32.1. The number of anilines is 1. The van der Waals surface area contributed by atoms with E-state index in [2.05, 4.69) is 15.0 Å². The van der Waals surface area contributed by atoms with E-state index in [4.69, 9.17) is 5.73 Å². The molecule has 0 spiro atoms. The van der Waals surface area contributed by atoms with Crippen molar-refractivity contribution >= 4 is 23.6 Å². The predicted molar refractivity (Wildman–Crippen MR) is 52.9 cm³/mol. The Bertz CT molecular complexity index is 454. The Hall–Kier alpha value is -1.82. The molecule has 0 bridgehead atoms. The van der Waals surface area contributed by atoms with E-state index in [-0.39, 0.29) is 11.6 Å². The number of thiazole rings is 1. The second kappa shape index (κ2) is 3.51. The smallest absolute Gasteiger partial charge is 0.221 e. The van der Waals surface area contributed by atoms with Gasteiger partial charge in [0.2, 0.25) is 5.95 Å². The summed E-state index contributed by atoms with van der Waals surface area (Å²) in [7, 11) is 0. The van der Waals surface area contributed by atoms with Crippen LogP contribution in [0.15, 0.2) is 17.6 Å². The minimum absolute atomic E-state index is 0.0831. The zero-order chi connectivity index (χ0) is 9.97. The fraction of sp³-hybridized carbons (Fsp3) is 0. The molecule has 14 heavy (non-hydrogen) atoms. The number of carbonyl (C=O) groups is 1. The van der Waals surface area contributed by atoms with Gasteiger partial charge in [-0.25, -0.2) is 15.0 Å². The number of aldehydes is 1. The first-order valence-corrected chi connectivity index (χ1v) is 4.67. The summed E-state index contributed by atoms with van der Waals surface area (Å²) < 4.78 is 0. The lowest BCUT2D eigenvalue weighted by molar-refractivity contribution is 0.111. The molecule has 0 saturated heterocycles. The molecule has 0 aromatic carbocycles. The minimum atomic E-state index is 0.0831. The molecular weight excluding hydrogens is 200 g/mol. The van der Waals surface area contributed by atoms with Crippen molar-refractivity contribution in [1.29, 1.82) is 0 Å². The molecule has 0 fully saturated rings. The van der Waals surface area contributed by atoms with E-state index in [0.29, 0.717) is 12.0 Å². The first kappa shape index (κ1) is 8.76. The van der Waals surface area contributed by atoms with Gasteiger partial charge in [0.15, 0.2) is 6.29 Å². The second-order valence-corrected chi connectivity index (χ2v) is 3.39. The van der Waals surface area contributed by atoms with Crippen LogP contribution in [0.5, 0.6) is 0 Å². The molecule has 0 aliphatic carbocycles. The number of nitrogens with two attached hydrogens (primary N) is 1. The van der Waals surface area contributed by atoms with Crippen LogP contribution >= 0.6 is 11.3 Å². The van der Waals surface area contributed by atoms with Crippen LogP contribution in [0.2, 0.25) is 0 Å². The van der Waals surface area contributed by atoms with E-state index < -0.39 is 0 Å². The van der Waals surface area contributed by atoms with Crippen molar-refractivity contribution in [3.05, 3.63) is 23.3 Å². The molecule has 2 rings (SSSR count). The summed E-state index contributed by atoms with van der Waals surface area (Å²) in [6.45, 7) is 0. The number of hydrogen-bond acceptors (Lipinski definition) is 6. The summed E-state index contributed by atoms with van der Waals surface area (Å²) in [5.41, 5.74) is 6.28. The Balaban J connectivity index is 2.54. The molecule has 0 amide bonds. The van der Waals surface area contributed by atoms with E-state index >= 15 is 0 Å². The summed E-state index contributed by atoms with van der Waals surface area (Å²) in [5.74, 6) is 0.0831. The maximum absolute atomic E-state index is 10.5. The van der Waals surface area contributed by atoms with Gasteiger partial charge in [0.1, 0.15) is 16.4 Å². The molecule has 0 aliphatic rings. The topological polar surface area (TPSA) is 81.8 Å². The summed E-state index contributed by atoms with van der Waals surface area (Å²) in [5, 5.41) is 2.55. The van der Waals surface area contributed by atoms with Crippen molar-refractivity contribution in [2.45, 2.75) is 0 Å². The highest BCUT2D eigenvalue weighted by molar-refractivity contribution is 7.13. The first-order chi connectivity index (χ1) is 6.79. The molecule has 2 aromatic rings. The number of nitrogen functional groups attached to an aromatic ring is 1. The van der Waals surface area contributed by atoms with Gasteiger partial charge in [-0.2, -0.15) is 0 Å². The quantitative estimate of drug-likeness (QED) is 0.741. The van der Waals surface area contributed by atoms with Crippen LogP contribution in [0.3, 0.4) is 0 Å². The molecule has 0 saturated carbocycles. The van der Waals surface area contributed by atoms with Crippen molar-refractivity contribution < 1.29 is 4.79 Å². The highest BCUT2D eigenvalue weighted by Gasteiger charge is 2.05. The van der Waals surface area contributed by atoms with Gasteiger partial charge in [0.05, 0.1) is 0 Å². The average molecular weight is 206 g/mol. The fourth-order valence-corrected chi connectivity index (χ4v) is 1.60.